The zero-order valence-electron chi connectivity index (χ0n) is 12.7. The normalized spacial score (nSPS) is 14.4. The van der Waals surface area contributed by atoms with Gasteiger partial charge in [-0.2, -0.15) is 0 Å². The number of hydrogen-bond acceptors (Lipinski definition) is 6. The lowest BCUT2D eigenvalue weighted by Crippen LogP contribution is -2.40. The predicted octanol–water partition coefficient (Wildman–Crippen LogP) is 1.56. The van der Waals surface area contributed by atoms with Crippen LogP contribution in [-0.4, -0.2) is 46.2 Å². The molecule has 1 aromatic heterocycles. The second-order valence-corrected chi connectivity index (χ2v) is 5.81. The number of carbonyl (C=O) groups excluding carboxylic acids is 2. The van der Waals surface area contributed by atoms with Gasteiger partial charge in [-0.15, -0.1) is 0 Å². The van der Waals surface area contributed by atoms with Crippen LogP contribution in [0.15, 0.2) is 6.20 Å². The third-order valence-corrected chi connectivity index (χ3v) is 2.95. The second-order valence-electron chi connectivity index (χ2n) is 5.81. The molecule has 1 aliphatic rings. The summed E-state index contributed by atoms with van der Waals surface area (Å²) in [5.74, 6) is -0.519. The lowest BCUT2D eigenvalue weighted by molar-refractivity contribution is 0.0221. The van der Waals surface area contributed by atoms with Crippen molar-refractivity contribution in [2.45, 2.75) is 39.3 Å². The Morgan fingerprint density at radius 2 is 2.05 bits per heavy atom. The van der Waals surface area contributed by atoms with Crippen molar-refractivity contribution in [1.82, 2.24) is 14.9 Å². The smallest absolute Gasteiger partial charge is 0.410 e. The van der Waals surface area contributed by atoms with Crippen LogP contribution in [-0.2, 0) is 22.4 Å². The minimum Gasteiger partial charge on any atom is -0.463 e. The number of ether oxygens (including phenoxy) is 2. The average molecular weight is 293 g/mol. The van der Waals surface area contributed by atoms with Gasteiger partial charge in [-0.3, -0.25) is 0 Å². The monoisotopic (exact) mass is 293 g/mol. The molecule has 2 rings (SSSR count). The van der Waals surface area contributed by atoms with E-state index in [1.807, 2.05) is 20.8 Å². The number of methoxy groups -OCH3 is 1. The van der Waals surface area contributed by atoms with E-state index in [9.17, 15) is 9.59 Å². The molecule has 0 unspecified atom stereocenters. The van der Waals surface area contributed by atoms with Crippen molar-refractivity contribution in [2.24, 2.45) is 0 Å². The summed E-state index contributed by atoms with van der Waals surface area (Å²) in [6.07, 6.45) is 1.76. The Morgan fingerprint density at radius 1 is 1.33 bits per heavy atom. The first-order valence-corrected chi connectivity index (χ1v) is 6.71. The number of hydrogen-bond donors (Lipinski definition) is 0. The molecule has 7 heteroatoms. The maximum atomic E-state index is 12.0. The van der Waals surface area contributed by atoms with Crippen LogP contribution in [0.4, 0.5) is 4.79 Å². The first-order chi connectivity index (χ1) is 9.80. The van der Waals surface area contributed by atoms with Crippen LogP contribution in [0.2, 0.25) is 0 Å². The first-order valence-electron chi connectivity index (χ1n) is 6.71. The SMILES string of the molecule is COC(=O)c1ncc2c(n1)CCN(C(=O)OC(C)(C)C)C2. The quantitative estimate of drug-likeness (QED) is 0.731. The minimum absolute atomic E-state index is 0.0435. The van der Waals surface area contributed by atoms with Gasteiger partial charge in [0.1, 0.15) is 5.60 Å². The molecule has 0 fully saturated rings. The van der Waals surface area contributed by atoms with Gasteiger partial charge >= 0.3 is 12.1 Å². The highest BCUT2D eigenvalue weighted by Gasteiger charge is 2.27. The average Bonchev–Trinajstić information content (AvgIpc) is 2.43. The Bertz CT molecular complexity index is 566. The molecule has 0 saturated heterocycles. The number of rotatable bonds is 1. The standard InChI is InChI=1S/C14H19N3O4/c1-14(2,3)21-13(19)17-6-5-10-9(8-17)7-15-11(16-10)12(18)20-4/h7H,5-6,8H2,1-4H3. The maximum absolute atomic E-state index is 12.0. The zero-order valence-corrected chi connectivity index (χ0v) is 12.7. The molecule has 1 aromatic rings. The third kappa shape index (κ3) is 3.68. The summed E-state index contributed by atoms with van der Waals surface area (Å²) in [6.45, 7) is 6.36. The van der Waals surface area contributed by atoms with Gasteiger partial charge in [0.05, 0.1) is 19.3 Å². The number of nitrogens with zero attached hydrogens (tertiary/aromatic N) is 3. The van der Waals surface area contributed by atoms with E-state index < -0.39 is 11.6 Å². The van der Waals surface area contributed by atoms with E-state index >= 15 is 0 Å². The van der Waals surface area contributed by atoms with Crippen molar-refractivity contribution < 1.29 is 19.1 Å². The summed E-state index contributed by atoms with van der Waals surface area (Å²) >= 11 is 0. The van der Waals surface area contributed by atoms with Crippen LogP contribution in [0.25, 0.3) is 0 Å². The van der Waals surface area contributed by atoms with Crippen molar-refractivity contribution in [1.29, 1.82) is 0 Å². The summed E-state index contributed by atoms with van der Waals surface area (Å²) in [7, 11) is 1.29. The first kappa shape index (κ1) is 15.2. The molecular formula is C14H19N3O4. The molecule has 1 aliphatic heterocycles. The fourth-order valence-electron chi connectivity index (χ4n) is 1.99. The van der Waals surface area contributed by atoms with Crippen LogP contribution >= 0.6 is 0 Å². The molecular weight excluding hydrogens is 274 g/mol. The molecule has 0 spiro atoms. The summed E-state index contributed by atoms with van der Waals surface area (Å²) in [5, 5.41) is 0. The van der Waals surface area contributed by atoms with Crippen LogP contribution in [0.5, 0.6) is 0 Å². The molecule has 0 radical (unpaired) electrons. The summed E-state index contributed by atoms with van der Waals surface area (Å²) < 4.78 is 9.94. The van der Waals surface area contributed by atoms with Crippen molar-refractivity contribution in [3.63, 3.8) is 0 Å². The fourth-order valence-corrected chi connectivity index (χ4v) is 1.99. The van der Waals surface area contributed by atoms with Crippen molar-refractivity contribution >= 4 is 12.1 Å². The molecule has 0 bridgehead atoms. The molecule has 114 valence electrons. The fraction of sp³-hybridized carbons (Fsp3) is 0.571. The van der Waals surface area contributed by atoms with E-state index in [1.165, 1.54) is 7.11 Å². The minimum atomic E-state index is -0.563. The van der Waals surface area contributed by atoms with Crippen LogP contribution < -0.4 is 0 Å². The summed E-state index contributed by atoms with van der Waals surface area (Å²) in [4.78, 5) is 33.2. The van der Waals surface area contributed by atoms with Gasteiger partial charge < -0.3 is 14.4 Å². The van der Waals surface area contributed by atoms with Crippen molar-refractivity contribution in [2.75, 3.05) is 13.7 Å². The topological polar surface area (TPSA) is 81.6 Å². The van der Waals surface area contributed by atoms with Gasteiger partial charge in [0, 0.05) is 24.7 Å². The van der Waals surface area contributed by atoms with Gasteiger partial charge in [0.15, 0.2) is 0 Å². The van der Waals surface area contributed by atoms with E-state index in [-0.39, 0.29) is 11.9 Å². The zero-order chi connectivity index (χ0) is 15.6. The molecule has 1 amide bonds. The molecule has 0 atom stereocenters. The van der Waals surface area contributed by atoms with Crippen LogP contribution in [0.1, 0.15) is 42.6 Å². The van der Waals surface area contributed by atoms with E-state index in [2.05, 4.69) is 14.7 Å². The van der Waals surface area contributed by atoms with Gasteiger partial charge in [-0.05, 0) is 20.8 Å². The molecule has 0 saturated carbocycles. The highest BCUT2D eigenvalue weighted by atomic mass is 16.6. The van der Waals surface area contributed by atoms with Crippen molar-refractivity contribution in [3.8, 4) is 0 Å². The summed E-state index contributed by atoms with van der Waals surface area (Å²) in [6, 6.07) is 0. The highest BCUT2D eigenvalue weighted by molar-refractivity contribution is 5.85. The maximum Gasteiger partial charge on any atom is 0.410 e. The number of aromatic nitrogens is 2. The molecule has 0 aromatic carbocycles. The number of esters is 1. The van der Waals surface area contributed by atoms with Gasteiger partial charge in [-0.1, -0.05) is 0 Å². The van der Waals surface area contributed by atoms with Gasteiger partial charge in [0.2, 0.25) is 5.82 Å². The number of carbonyl (C=O) groups is 2. The van der Waals surface area contributed by atoms with E-state index in [0.29, 0.717) is 19.5 Å². The van der Waals surface area contributed by atoms with Crippen molar-refractivity contribution in [3.05, 3.63) is 23.3 Å². The predicted molar refractivity (Wildman–Crippen MR) is 73.7 cm³/mol. The van der Waals surface area contributed by atoms with Gasteiger partial charge in [0.25, 0.3) is 0 Å². The molecule has 21 heavy (non-hydrogen) atoms. The number of fused-ring (bicyclic) bond motifs is 1. The third-order valence-electron chi connectivity index (χ3n) is 2.95. The number of amides is 1. The van der Waals surface area contributed by atoms with Gasteiger partial charge in [-0.25, -0.2) is 19.6 Å². The Labute approximate surface area is 123 Å². The molecule has 0 aliphatic carbocycles. The largest absolute Gasteiger partial charge is 0.463 e. The van der Waals surface area contributed by atoms with Crippen LogP contribution in [0, 0.1) is 0 Å². The van der Waals surface area contributed by atoms with E-state index in [1.54, 1.807) is 11.1 Å². The lowest BCUT2D eigenvalue weighted by Gasteiger charge is -2.30. The molecule has 7 nitrogen and oxygen atoms in total. The molecule has 0 N–H and O–H groups in total. The van der Waals surface area contributed by atoms with E-state index in [0.717, 1.165) is 11.3 Å². The Kier molecular flexibility index (Phi) is 4.11. The van der Waals surface area contributed by atoms with Crippen LogP contribution in [0.3, 0.4) is 0 Å². The Hall–Kier alpha value is -2.18. The highest BCUT2D eigenvalue weighted by Crippen LogP contribution is 2.19. The lowest BCUT2D eigenvalue weighted by atomic mass is 10.1. The second kappa shape index (κ2) is 5.67. The Morgan fingerprint density at radius 3 is 2.67 bits per heavy atom. The Balaban J connectivity index is 2.11. The molecule has 2 heterocycles. The van der Waals surface area contributed by atoms with E-state index in [4.69, 9.17) is 4.74 Å². The summed E-state index contributed by atoms with van der Waals surface area (Å²) in [5.41, 5.74) is 1.06.